The topological polar surface area (TPSA) is 84.2 Å². The molecule has 1 saturated carbocycles. The Morgan fingerprint density at radius 2 is 1.80 bits per heavy atom. The Balaban J connectivity index is 1.52. The Morgan fingerprint density at radius 3 is 2.56 bits per heavy atom. The van der Waals surface area contributed by atoms with Crippen molar-refractivity contribution in [3.05, 3.63) is 42.9 Å². The molecule has 1 amide bonds. The van der Waals surface area contributed by atoms with Crippen molar-refractivity contribution >= 4 is 17.9 Å². The van der Waals surface area contributed by atoms with E-state index in [1.165, 1.54) is 0 Å². The highest BCUT2D eigenvalue weighted by atomic mass is 16.1. The summed E-state index contributed by atoms with van der Waals surface area (Å²) in [5.41, 5.74) is 2.80. The molecule has 0 atom stereocenters. The Hall–Kier alpha value is -2.96. The Morgan fingerprint density at radius 1 is 1.04 bits per heavy atom. The van der Waals surface area contributed by atoms with E-state index in [0.29, 0.717) is 12.1 Å². The van der Waals surface area contributed by atoms with Crippen molar-refractivity contribution in [1.29, 1.82) is 0 Å². The van der Waals surface area contributed by atoms with Crippen molar-refractivity contribution in [2.24, 2.45) is 0 Å². The fourth-order valence-corrected chi connectivity index (χ4v) is 3.38. The van der Waals surface area contributed by atoms with Crippen molar-refractivity contribution in [3.63, 3.8) is 0 Å². The molecule has 3 heterocycles. The second kappa shape index (κ2) is 6.88. The molecule has 3 aromatic heterocycles. The van der Waals surface area contributed by atoms with Crippen LogP contribution in [-0.2, 0) is 4.79 Å². The first-order valence-electron chi connectivity index (χ1n) is 8.55. The van der Waals surface area contributed by atoms with Crippen LogP contribution < -0.4 is 10.6 Å². The molecule has 0 unspecified atom stereocenters. The van der Waals surface area contributed by atoms with Gasteiger partial charge in [0.2, 0.25) is 6.41 Å². The Kier molecular flexibility index (Phi) is 4.28. The maximum Gasteiger partial charge on any atom is 0.207 e. The fraction of sp³-hybridized carbons (Fsp3) is 0.333. The lowest BCUT2D eigenvalue weighted by atomic mass is 9.91. The van der Waals surface area contributed by atoms with E-state index in [4.69, 9.17) is 5.10 Å². The minimum absolute atomic E-state index is 0.304. The number of pyridine rings is 1. The highest BCUT2D eigenvalue weighted by molar-refractivity contribution is 5.63. The van der Waals surface area contributed by atoms with E-state index in [1.807, 2.05) is 35.0 Å². The van der Waals surface area contributed by atoms with Gasteiger partial charge in [0.15, 0.2) is 5.65 Å². The first-order valence-corrected chi connectivity index (χ1v) is 8.55. The molecule has 1 aliphatic carbocycles. The average Bonchev–Trinajstić information content (AvgIpc) is 3.08. The van der Waals surface area contributed by atoms with Crippen LogP contribution in [0.25, 0.3) is 16.9 Å². The van der Waals surface area contributed by atoms with Gasteiger partial charge >= 0.3 is 0 Å². The predicted octanol–water partition coefficient (Wildman–Crippen LogP) is 2.26. The average molecular weight is 336 g/mol. The van der Waals surface area contributed by atoms with Crippen LogP contribution in [0.15, 0.2) is 42.9 Å². The lowest BCUT2D eigenvalue weighted by Gasteiger charge is -2.28. The molecule has 0 radical (unpaired) electrons. The van der Waals surface area contributed by atoms with Crippen molar-refractivity contribution < 1.29 is 4.79 Å². The van der Waals surface area contributed by atoms with Gasteiger partial charge in [0.25, 0.3) is 0 Å². The van der Waals surface area contributed by atoms with Gasteiger partial charge in [-0.25, -0.2) is 9.50 Å². The third kappa shape index (κ3) is 3.31. The molecule has 25 heavy (non-hydrogen) atoms. The van der Waals surface area contributed by atoms with Crippen LogP contribution in [0, 0.1) is 0 Å². The second-order valence-corrected chi connectivity index (χ2v) is 6.35. The fourth-order valence-electron chi connectivity index (χ4n) is 3.38. The molecule has 7 heteroatoms. The number of anilines is 1. The van der Waals surface area contributed by atoms with Gasteiger partial charge < -0.3 is 10.6 Å². The van der Waals surface area contributed by atoms with Crippen LogP contribution in [-0.4, -0.2) is 38.1 Å². The van der Waals surface area contributed by atoms with Gasteiger partial charge in [0.05, 0.1) is 11.9 Å². The van der Waals surface area contributed by atoms with Crippen LogP contribution in [0.1, 0.15) is 25.7 Å². The molecule has 0 aromatic carbocycles. The number of fused-ring (bicyclic) bond motifs is 1. The largest absolute Gasteiger partial charge is 0.366 e. The third-order valence-corrected chi connectivity index (χ3v) is 4.72. The number of aromatic nitrogens is 4. The number of nitrogens with zero attached hydrogens (tertiary/aromatic N) is 4. The predicted molar refractivity (Wildman–Crippen MR) is 95.1 cm³/mol. The zero-order valence-corrected chi connectivity index (χ0v) is 13.8. The number of nitrogens with one attached hydrogen (secondary N) is 2. The van der Waals surface area contributed by atoms with E-state index in [-0.39, 0.29) is 0 Å². The van der Waals surface area contributed by atoms with Gasteiger partial charge in [-0.05, 0) is 49.9 Å². The van der Waals surface area contributed by atoms with E-state index in [0.717, 1.165) is 54.8 Å². The maximum atomic E-state index is 10.5. The number of carbonyl (C=O) groups is 1. The molecule has 0 saturated heterocycles. The van der Waals surface area contributed by atoms with Crippen molar-refractivity contribution in [1.82, 2.24) is 24.9 Å². The standard InChI is InChI=1S/C18H20N6O/c25-12-21-14-1-3-15(4-2-14)22-17-5-6-18-20-11-16(24(18)23-17)13-7-9-19-10-8-13/h5-12,14-15H,1-4H2,(H,21,25)(H,22,23). The van der Waals surface area contributed by atoms with Crippen LogP contribution in [0.5, 0.6) is 0 Å². The van der Waals surface area contributed by atoms with Crippen molar-refractivity contribution in [2.45, 2.75) is 37.8 Å². The van der Waals surface area contributed by atoms with Gasteiger partial charge in [0.1, 0.15) is 5.82 Å². The van der Waals surface area contributed by atoms with Crippen LogP contribution in [0.4, 0.5) is 5.82 Å². The summed E-state index contributed by atoms with van der Waals surface area (Å²) in [6, 6.07) is 8.52. The summed E-state index contributed by atoms with van der Waals surface area (Å²) in [6.07, 6.45) is 10.2. The monoisotopic (exact) mass is 336 g/mol. The molecule has 2 N–H and O–H groups in total. The minimum atomic E-state index is 0.304. The number of imidazole rings is 1. The van der Waals surface area contributed by atoms with Gasteiger partial charge in [0, 0.05) is 30.0 Å². The van der Waals surface area contributed by atoms with Gasteiger partial charge in [-0.1, -0.05) is 0 Å². The molecule has 128 valence electrons. The molecule has 7 nitrogen and oxygen atoms in total. The molecule has 1 aliphatic rings. The third-order valence-electron chi connectivity index (χ3n) is 4.72. The molecule has 0 aliphatic heterocycles. The number of rotatable bonds is 5. The first-order chi connectivity index (χ1) is 12.3. The maximum absolute atomic E-state index is 10.5. The zero-order chi connectivity index (χ0) is 17.1. The summed E-state index contributed by atoms with van der Waals surface area (Å²) in [5.74, 6) is 0.840. The molecular weight excluding hydrogens is 316 g/mol. The summed E-state index contributed by atoms with van der Waals surface area (Å²) in [7, 11) is 0. The molecule has 3 aromatic rings. The van der Waals surface area contributed by atoms with E-state index in [1.54, 1.807) is 12.4 Å². The summed E-state index contributed by atoms with van der Waals surface area (Å²) < 4.78 is 1.86. The van der Waals surface area contributed by atoms with Crippen molar-refractivity contribution in [3.8, 4) is 11.3 Å². The summed E-state index contributed by atoms with van der Waals surface area (Å²) in [6.45, 7) is 0. The van der Waals surface area contributed by atoms with Crippen LogP contribution >= 0.6 is 0 Å². The summed E-state index contributed by atoms with van der Waals surface area (Å²) in [5, 5.41) is 11.1. The number of hydrogen-bond acceptors (Lipinski definition) is 5. The van der Waals surface area contributed by atoms with Gasteiger partial charge in [-0.3, -0.25) is 9.78 Å². The SMILES string of the molecule is O=CNC1CCC(Nc2ccc3ncc(-c4ccncc4)n3n2)CC1. The molecule has 0 spiro atoms. The lowest BCUT2D eigenvalue weighted by molar-refractivity contribution is -0.110. The van der Waals surface area contributed by atoms with E-state index in [2.05, 4.69) is 20.6 Å². The Bertz CT molecular complexity index is 854. The van der Waals surface area contributed by atoms with Crippen LogP contribution in [0.3, 0.4) is 0 Å². The summed E-state index contributed by atoms with van der Waals surface area (Å²) >= 11 is 0. The quantitative estimate of drug-likeness (QED) is 0.698. The van der Waals surface area contributed by atoms with Gasteiger partial charge in [-0.2, -0.15) is 0 Å². The van der Waals surface area contributed by atoms with Crippen molar-refractivity contribution in [2.75, 3.05) is 5.32 Å². The lowest BCUT2D eigenvalue weighted by Crippen LogP contribution is -2.36. The molecule has 0 bridgehead atoms. The second-order valence-electron chi connectivity index (χ2n) is 6.35. The van der Waals surface area contributed by atoms with E-state index in [9.17, 15) is 4.79 Å². The number of carbonyl (C=O) groups excluding carboxylic acids is 1. The highest BCUT2D eigenvalue weighted by Crippen LogP contribution is 2.23. The van der Waals surface area contributed by atoms with E-state index < -0.39 is 0 Å². The smallest absolute Gasteiger partial charge is 0.207 e. The van der Waals surface area contributed by atoms with Crippen LogP contribution in [0.2, 0.25) is 0 Å². The first kappa shape index (κ1) is 15.6. The zero-order valence-electron chi connectivity index (χ0n) is 13.8. The minimum Gasteiger partial charge on any atom is -0.366 e. The normalized spacial score (nSPS) is 20.3. The van der Waals surface area contributed by atoms with Gasteiger partial charge in [-0.15, -0.1) is 5.10 Å². The summed E-state index contributed by atoms with van der Waals surface area (Å²) in [4.78, 5) is 19.0. The molecule has 4 rings (SSSR count). The highest BCUT2D eigenvalue weighted by Gasteiger charge is 2.21. The number of hydrogen-bond donors (Lipinski definition) is 2. The van der Waals surface area contributed by atoms with E-state index >= 15 is 0 Å². The Labute approximate surface area is 145 Å². The number of amides is 1. The molecule has 1 fully saturated rings. The molecular formula is C18H20N6O.